The van der Waals surface area contributed by atoms with E-state index in [-0.39, 0.29) is 12.1 Å². The van der Waals surface area contributed by atoms with Gasteiger partial charge in [0.15, 0.2) is 0 Å². The van der Waals surface area contributed by atoms with E-state index in [9.17, 15) is 4.79 Å². The van der Waals surface area contributed by atoms with Crippen molar-refractivity contribution < 1.29 is 9.21 Å². The number of aryl methyl sites for hydroxylation is 2. The van der Waals surface area contributed by atoms with Crippen LogP contribution in [0.15, 0.2) is 28.9 Å². The van der Waals surface area contributed by atoms with Crippen LogP contribution in [-0.4, -0.2) is 27.8 Å². The van der Waals surface area contributed by atoms with Crippen molar-refractivity contribution in [1.29, 1.82) is 0 Å². The highest BCUT2D eigenvalue weighted by molar-refractivity contribution is 5.74. The highest BCUT2D eigenvalue weighted by Gasteiger charge is 2.16. The molecule has 108 valence electrons. The summed E-state index contributed by atoms with van der Waals surface area (Å²) in [6.45, 7) is 4.30. The van der Waals surface area contributed by atoms with Crippen LogP contribution in [0.2, 0.25) is 0 Å². The third-order valence-electron chi connectivity index (χ3n) is 3.05. The first-order valence-corrected chi connectivity index (χ1v) is 6.51. The minimum Gasteiger partial charge on any atom is -0.464 e. The first kappa shape index (κ1) is 14.2. The smallest absolute Gasteiger partial charge is 0.318 e. The average Bonchev–Trinajstić information content (AvgIpc) is 2.98. The van der Waals surface area contributed by atoms with Gasteiger partial charge in [-0.1, -0.05) is 0 Å². The Morgan fingerprint density at radius 2 is 2.30 bits per heavy atom. The first-order chi connectivity index (χ1) is 9.45. The lowest BCUT2D eigenvalue weighted by molar-refractivity contribution is 0.201. The molecular weight excluding hydrogens is 256 g/mol. The highest BCUT2D eigenvalue weighted by atomic mass is 16.3. The predicted molar refractivity (Wildman–Crippen MR) is 75.1 cm³/mol. The van der Waals surface area contributed by atoms with E-state index in [1.54, 1.807) is 22.8 Å². The Kier molecular flexibility index (Phi) is 4.12. The van der Waals surface area contributed by atoms with Crippen molar-refractivity contribution in [3.05, 3.63) is 41.6 Å². The molecule has 0 unspecified atom stereocenters. The summed E-state index contributed by atoms with van der Waals surface area (Å²) in [5.41, 5.74) is 0.992. The van der Waals surface area contributed by atoms with Gasteiger partial charge in [0.1, 0.15) is 11.5 Å². The Balaban J connectivity index is 1.90. The lowest BCUT2D eigenvalue weighted by atomic mass is 10.2. The monoisotopic (exact) mass is 276 g/mol. The first-order valence-electron chi connectivity index (χ1n) is 6.51. The van der Waals surface area contributed by atoms with E-state index in [1.165, 1.54) is 0 Å². The third-order valence-corrected chi connectivity index (χ3v) is 3.05. The van der Waals surface area contributed by atoms with Gasteiger partial charge in [-0.2, -0.15) is 5.10 Å². The summed E-state index contributed by atoms with van der Waals surface area (Å²) >= 11 is 0. The standard InChI is InChI=1S/C14H20N4O2/c1-10-5-6-13(20-10)11(2)16-14(19)17(3)8-12-7-15-18(4)9-12/h5-7,9,11H,8H2,1-4H3,(H,16,19)/t11-/m0/s1. The Bertz CT molecular complexity index is 588. The summed E-state index contributed by atoms with van der Waals surface area (Å²) in [7, 11) is 3.60. The molecule has 2 amide bonds. The quantitative estimate of drug-likeness (QED) is 0.931. The number of hydrogen-bond donors (Lipinski definition) is 1. The molecule has 6 heteroatoms. The number of furan rings is 1. The number of nitrogens with one attached hydrogen (secondary N) is 1. The zero-order chi connectivity index (χ0) is 14.7. The molecule has 0 bridgehead atoms. The number of rotatable bonds is 4. The molecule has 1 N–H and O–H groups in total. The van der Waals surface area contributed by atoms with E-state index < -0.39 is 0 Å². The lowest BCUT2D eigenvalue weighted by Crippen LogP contribution is -2.38. The van der Waals surface area contributed by atoms with E-state index in [1.807, 2.05) is 39.2 Å². The second kappa shape index (κ2) is 5.81. The number of nitrogens with zero attached hydrogens (tertiary/aromatic N) is 3. The zero-order valence-electron chi connectivity index (χ0n) is 12.3. The summed E-state index contributed by atoms with van der Waals surface area (Å²) in [5.74, 6) is 1.59. The van der Waals surface area contributed by atoms with Crippen molar-refractivity contribution in [3.8, 4) is 0 Å². The number of hydrogen-bond acceptors (Lipinski definition) is 3. The Hall–Kier alpha value is -2.24. The van der Waals surface area contributed by atoms with Gasteiger partial charge in [0.25, 0.3) is 0 Å². The molecule has 2 heterocycles. The van der Waals surface area contributed by atoms with Gasteiger partial charge in [0.2, 0.25) is 0 Å². The van der Waals surface area contributed by atoms with Crippen LogP contribution in [0, 0.1) is 6.92 Å². The maximum atomic E-state index is 12.1. The second-order valence-electron chi connectivity index (χ2n) is 5.00. The summed E-state index contributed by atoms with van der Waals surface area (Å²) in [6.07, 6.45) is 3.65. The Morgan fingerprint density at radius 1 is 1.55 bits per heavy atom. The fourth-order valence-electron chi connectivity index (χ4n) is 1.95. The van der Waals surface area contributed by atoms with Crippen molar-refractivity contribution in [1.82, 2.24) is 20.0 Å². The van der Waals surface area contributed by atoms with Gasteiger partial charge in [-0.05, 0) is 26.0 Å². The molecular formula is C14H20N4O2. The second-order valence-corrected chi connectivity index (χ2v) is 5.00. The van der Waals surface area contributed by atoms with Gasteiger partial charge in [0.05, 0.1) is 18.8 Å². The van der Waals surface area contributed by atoms with E-state index in [2.05, 4.69) is 10.4 Å². The molecule has 0 fully saturated rings. The molecule has 0 aliphatic rings. The van der Waals surface area contributed by atoms with Crippen molar-refractivity contribution >= 4 is 6.03 Å². The van der Waals surface area contributed by atoms with Crippen molar-refractivity contribution in [2.24, 2.45) is 7.05 Å². The Labute approximate surface area is 118 Å². The van der Waals surface area contributed by atoms with Crippen LogP contribution in [0.25, 0.3) is 0 Å². The largest absolute Gasteiger partial charge is 0.464 e. The van der Waals surface area contributed by atoms with Crippen molar-refractivity contribution in [2.75, 3.05) is 7.05 Å². The van der Waals surface area contributed by atoms with Crippen LogP contribution in [0.5, 0.6) is 0 Å². The summed E-state index contributed by atoms with van der Waals surface area (Å²) in [4.78, 5) is 13.7. The predicted octanol–water partition coefficient (Wildman–Crippen LogP) is 2.22. The maximum absolute atomic E-state index is 12.1. The van der Waals surface area contributed by atoms with Gasteiger partial charge in [-0.3, -0.25) is 4.68 Å². The van der Waals surface area contributed by atoms with Gasteiger partial charge in [-0.15, -0.1) is 0 Å². The molecule has 0 aliphatic carbocycles. The lowest BCUT2D eigenvalue weighted by Gasteiger charge is -2.19. The van der Waals surface area contributed by atoms with Gasteiger partial charge >= 0.3 is 6.03 Å². The molecule has 20 heavy (non-hydrogen) atoms. The molecule has 2 aromatic heterocycles. The minimum absolute atomic E-state index is 0.143. The van der Waals surface area contributed by atoms with E-state index in [0.29, 0.717) is 6.54 Å². The molecule has 0 saturated heterocycles. The van der Waals surface area contributed by atoms with Crippen LogP contribution >= 0.6 is 0 Å². The minimum atomic E-state index is -0.160. The van der Waals surface area contributed by atoms with Crippen LogP contribution in [0.1, 0.15) is 30.0 Å². The summed E-state index contributed by atoms with van der Waals surface area (Å²) in [5, 5.41) is 6.99. The fourth-order valence-corrected chi connectivity index (χ4v) is 1.95. The van der Waals surface area contributed by atoms with Crippen molar-refractivity contribution in [3.63, 3.8) is 0 Å². The normalized spacial score (nSPS) is 12.2. The molecule has 1 atom stereocenters. The number of carbonyl (C=O) groups is 1. The molecule has 0 saturated carbocycles. The number of urea groups is 1. The highest BCUT2D eigenvalue weighted by Crippen LogP contribution is 2.15. The molecule has 0 aliphatic heterocycles. The van der Waals surface area contributed by atoms with Crippen LogP contribution in [-0.2, 0) is 13.6 Å². The van der Waals surface area contributed by atoms with Gasteiger partial charge in [-0.25, -0.2) is 4.79 Å². The number of aromatic nitrogens is 2. The molecule has 2 aromatic rings. The SMILES string of the molecule is Cc1ccc([C@H](C)NC(=O)N(C)Cc2cnn(C)c2)o1. The molecule has 6 nitrogen and oxygen atoms in total. The third kappa shape index (κ3) is 3.40. The van der Waals surface area contributed by atoms with E-state index in [4.69, 9.17) is 4.42 Å². The summed E-state index contributed by atoms with van der Waals surface area (Å²) < 4.78 is 7.22. The van der Waals surface area contributed by atoms with Crippen LogP contribution in [0.4, 0.5) is 4.79 Å². The topological polar surface area (TPSA) is 63.3 Å². The average molecular weight is 276 g/mol. The number of carbonyl (C=O) groups excluding carboxylic acids is 1. The van der Waals surface area contributed by atoms with Crippen LogP contribution in [0.3, 0.4) is 0 Å². The van der Waals surface area contributed by atoms with E-state index >= 15 is 0 Å². The number of amides is 2. The Morgan fingerprint density at radius 3 is 2.85 bits per heavy atom. The molecule has 0 aromatic carbocycles. The molecule has 2 rings (SSSR count). The molecule has 0 radical (unpaired) electrons. The fraction of sp³-hybridized carbons (Fsp3) is 0.429. The van der Waals surface area contributed by atoms with Crippen molar-refractivity contribution in [2.45, 2.75) is 26.4 Å². The van der Waals surface area contributed by atoms with Crippen LogP contribution < -0.4 is 5.32 Å². The van der Waals surface area contributed by atoms with Gasteiger partial charge < -0.3 is 14.6 Å². The maximum Gasteiger partial charge on any atom is 0.318 e. The molecule has 0 spiro atoms. The van der Waals surface area contributed by atoms with E-state index in [0.717, 1.165) is 17.1 Å². The summed E-state index contributed by atoms with van der Waals surface area (Å²) in [6, 6.07) is 3.46. The van der Waals surface area contributed by atoms with Gasteiger partial charge in [0, 0.05) is 25.9 Å². The zero-order valence-corrected chi connectivity index (χ0v) is 12.3.